The summed E-state index contributed by atoms with van der Waals surface area (Å²) in [5.74, 6) is 0. The minimum atomic E-state index is 0.0761. The largest absolute Gasteiger partial charge is 0.143 e. The van der Waals surface area contributed by atoms with Gasteiger partial charge in [-0.3, -0.25) is 0 Å². The summed E-state index contributed by atoms with van der Waals surface area (Å²) in [4.78, 5) is 3.28. The van der Waals surface area contributed by atoms with Crippen molar-refractivity contribution in [3.63, 3.8) is 0 Å². The molecule has 0 atom stereocenters. The van der Waals surface area contributed by atoms with Gasteiger partial charge in [0.1, 0.15) is 0 Å². The molecule has 2 heteroatoms. The topological polar surface area (TPSA) is 0 Å². The molecule has 73 heavy (non-hydrogen) atoms. The predicted octanol–water partition coefficient (Wildman–Crippen LogP) is 25.1. The molecule has 4 aromatic rings. The fraction of sp³-hybridized carbons (Fsp3) is 0.718. The first-order valence-electron chi connectivity index (χ1n) is 32.5. The van der Waals surface area contributed by atoms with E-state index in [0.717, 1.165) is 0 Å². The molecule has 2 heterocycles. The monoisotopic (exact) mass is 1030 g/mol. The molecule has 2 aromatic heterocycles. The summed E-state index contributed by atoms with van der Waals surface area (Å²) in [5.41, 5.74) is 17.4. The molecule has 0 radical (unpaired) electrons. The van der Waals surface area contributed by atoms with Crippen molar-refractivity contribution in [1.29, 1.82) is 0 Å². The van der Waals surface area contributed by atoms with Gasteiger partial charge in [0, 0.05) is 26.0 Å². The van der Waals surface area contributed by atoms with E-state index >= 15 is 0 Å². The molecule has 0 bridgehead atoms. The van der Waals surface area contributed by atoms with Gasteiger partial charge >= 0.3 is 0 Å². The van der Waals surface area contributed by atoms with Crippen molar-refractivity contribution in [3.8, 4) is 32.0 Å². The fourth-order valence-corrected chi connectivity index (χ4v) is 17.1. The molecule has 2 aromatic carbocycles. The van der Waals surface area contributed by atoms with Crippen molar-refractivity contribution in [2.45, 2.75) is 327 Å². The molecule has 0 N–H and O–H groups in total. The molecule has 3 aliphatic carbocycles. The molecule has 0 fully saturated rings. The molecule has 0 saturated carbocycles. The maximum absolute atomic E-state index is 2.94. The number of rotatable bonds is 42. The second kappa shape index (κ2) is 30.7. The van der Waals surface area contributed by atoms with Crippen LogP contribution in [0.2, 0.25) is 0 Å². The smallest absolute Gasteiger partial charge is 0.0387 e. The summed E-state index contributed by atoms with van der Waals surface area (Å²) >= 11 is 4.17. The first-order chi connectivity index (χ1) is 36.0. The van der Waals surface area contributed by atoms with Gasteiger partial charge in [0.2, 0.25) is 0 Å². The van der Waals surface area contributed by atoms with Gasteiger partial charge in [-0.25, -0.2) is 0 Å². The van der Waals surface area contributed by atoms with Crippen LogP contribution in [0.1, 0.15) is 345 Å². The Morgan fingerprint density at radius 3 is 0.712 bits per heavy atom. The third kappa shape index (κ3) is 13.9. The Bertz CT molecular complexity index is 1990. The Labute approximate surface area is 459 Å². The van der Waals surface area contributed by atoms with Gasteiger partial charge in [0.15, 0.2) is 0 Å². The second-order valence-electron chi connectivity index (χ2n) is 24.6. The first-order valence-corrected chi connectivity index (χ1v) is 34.3. The summed E-state index contributed by atoms with van der Waals surface area (Å²) in [6, 6.07) is 17.0. The van der Waals surface area contributed by atoms with Crippen LogP contribution >= 0.6 is 22.7 Å². The molecular weight excluding hydrogens is 917 g/mol. The molecule has 7 rings (SSSR count). The molecule has 0 amide bonds. The van der Waals surface area contributed by atoms with Crippen molar-refractivity contribution >= 4 is 22.7 Å². The number of hydrogen-bond donors (Lipinski definition) is 0. The maximum atomic E-state index is 2.94. The van der Waals surface area contributed by atoms with E-state index in [0.29, 0.717) is 0 Å². The standard InChI is InChI=1S/C71H110S2/c1-7-13-19-25-31-37-45-69(46-38-32-26-20-14-8-2)61-43-51-72-67(61)59-55-63-57(53-65(59)69)58-54-66-60(56-64(58)71(63,49-41-35-29-23-17-11-5)50-42-36-30-24-18-12-6)68-62(44-52-73-68)70(66,47-39-33-27-21-15-9-3)48-40-34-28-22-16-10-4/h43-44,51-56H,7-42,45-50H2,1-6H3. The highest BCUT2D eigenvalue weighted by atomic mass is 32.1. The Morgan fingerprint density at radius 1 is 0.247 bits per heavy atom. The Balaban J connectivity index is 1.39. The molecule has 0 spiro atoms. The Morgan fingerprint density at radius 2 is 0.452 bits per heavy atom. The van der Waals surface area contributed by atoms with Gasteiger partial charge in [0.25, 0.3) is 0 Å². The maximum Gasteiger partial charge on any atom is 0.0387 e. The number of benzene rings is 2. The minimum absolute atomic E-state index is 0.0761. The van der Waals surface area contributed by atoms with Gasteiger partial charge in [-0.05, 0) is 141 Å². The van der Waals surface area contributed by atoms with E-state index in [9.17, 15) is 0 Å². The van der Waals surface area contributed by atoms with Crippen LogP contribution < -0.4 is 0 Å². The zero-order chi connectivity index (χ0) is 51.2. The van der Waals surface area contributed by atoms with Crippen LogP contribution in [-0.2, 0) is 16.2 Å². The highest BCUT2D eigenvalue weighted by Crippen LogP contribution is 2.65. The third-order valence-corrected chi connectivity index (χ3v) is 21.2. The molecule has 0 aliphatic heterocycles. The number of hydrogen-bond acceptors (Lipinski definition) is 2. The van der Waals surface area contributed by atoms with Crippen molar-refractivity contribution in [1.82, 2.24) is 0 Å². The van der Waals surface area contributed by atoms with E-state index in [-0.39, 0.29) is 16.2 Å². The number of unbranched alkanes of at least 4 members (excludes halogenated alkanes) is 30. The van der Waals surface area contributed by atoms with Crippen molar-refractivity contribution in [2.75, 3.05) is 0 Å². The first kappa shape index (κ1) is 58.5. The predicted molar refractivity (Wildman–Crippen MR) is 329 cm³/mol. The van der Waals surface area contributed by atoms with Crippen LogP contribution in [0.25, 0.3) is 32.0 Å². The van der Waals surface area contributed by atoms with E-state index < -0.39 is 0 Å². The quantitative estimate of drug-likeness (QED) is 0.0388. The lowest BCUT2D eigenvalue weighted by Gasteiger charge is -2.35. The van der Waals surface area contributed by atoms with E-state index in [2.05, 4.69) is 111 Å². The van der Waals surface area contributed by atoms with Crippen LogP contribution in [0.5, 0.6) is 0 Å². The van der Waals surface area contributed by atoms with Gasteiger partial charge < -0.3 is 0 Å². The third-order valence-electron chi connectivity index (χ3n) is 19.3. The van der Waals surface area contributed by atoms with Crippen LogP contribution in [0, 0.1) is 0 Å². The average Bonchev–Trinajstić information content (AvgIpc) is 4.23. The zero-order valence-corrected chi connectivity index (χ0v) is 50.3. The summed E-state index contributed by atoms with van der Waals surface area (Å²) in [6.07, 6.45) is 57.4. The molecular formula is C71H110S2. The summed E-state index contributed by atoms with van der Waals surface area (Å²) < 4.78 is 0. The summed E-state index contributed by atoms with van der Waals surface area (Å²) in [5, 5.41) is 4.98. The second-order valence-corrected chi connectivity index (χ2v) is 26.4. The molecule has 406 valence electrons. The van der Waals surface area contributed by atoms with Crippen molar-refractivity contribution in [3.05, 3.63) is 80.5 Å². The van der Waals surface area contributed by atoms with Crippen LogP contribution in [0.4, 0.5) is 0 Å². The van der Waals surface area contributed by atoms with Gasteiger partial charge in [-0.1, -0.05) is 273 Å². The number of fused-ring (bicyclic) bond motifs is 9. The number of thiophene rings is 2. The normalized spacial score (nSPS) is 15.2. The summed E-state index contributed by atoms with van der Waals surface area (Å²) in [7, 11) is 0. The van der Waals surface area contributed by atoms with E-state index in [1.165, 1.54) is 270 Å². The van der Waals surface area contributed by atoms with Crippen molar-refractivity contribution < 1.29 is 0 Å². The average molecular weight is 1030 g/mol. The van der Waals surface area contributed by atoms with Crippen LogP contribution in [0.3, 0.4) is 0 Å². The minimum Gasteiger partial charge on any atom is -0.143 e. The summed E-state index contributed by atoms with van der Waals surface area (Å²) in [6.45, 7) is 14.2. The van der Waals surface area contributed by atoms with Gasteiger partial charge in [0.05, 0.1) is 0 Å². The van der Waals surface area contributed by atoms with Crippen molar-refractivity contribution in [2.24, 2.45) is 0 Å². The SMILES string of the molecule is CCCCCCCCC1(CCCCCCCC)c2cc3c(cc2-c2cc4c(cc21)-c1sccc1C4(CCCCCCCC)CCCCCCCC)C(CCCCCCCC)(CCCCCCCC)c1ccsc1-3. The Hall–Kier alpha value is -2.16. The molecule has 0 unspecified atom stereocenters. The lowest BCUT2D eigenvalue weighted by molar-refractivity contribution is 0.393. The highest BCUT2D eigenvalue weighted by molar-refractivity contribution is 7.14. The molecule has 0 nitrogen and oxygen atoms in total. The van der Waals surface area contributed by atoms with Crippen LogP contribution in [-0.4, -0.2) is 0 Å². The molecule has 0 saturated heterocycles. The van der Waals surface area contributed by atoms with Gasteiger partial charge in [-0.15, -0.1) is 22.7 Å². The highest BCUT2D eigenvalue weighted by Gasteiger charge is 2.51. The lowest BCUT2D eigenvalue weighted by Crippen LogP contribution is -2.27. The van der Waals surface area contributed by atoms with E-state index in [4.69, 9.17) is 0 Å². The van der Waals surface area contributed by atoms with Gasteiger partial charge in [-0.2, -0.15) is 0 Å². The van der Waals surface area contributed by atoms with Crippen LogP contribution in [0.15, 0.2) is 47.2 Å². The zero-order valence-electron chi connectivity index (χ0n) is 48.6. The fourth-order valence-electron chi connectivity index (χ4n) is 15.1. The van der Waals surface area contributed by atoms with E-state index in [1.807, 2.05) is 0 Å². The molecule has 3 aliphatic rings. The lowest BCUT2D eigenvalue weighted by atomic mass is 9.68. The van der Waals surface area contributed by atoms with E-state index in [1.54, 1.807) is 65.4 Å². The Kier molecular flexibility index (Phi) is 24.6.